The summed E-state index contributed by atoms with van der Waals surface area (Å²) in [6.07, 6.45) is 24.1. The molecule has 6 heteroatoms. The number of rotatable bonds is 29. The van der Waals surface area contributed by atoms with E-state index in [1.807, 2.05) is 0 Å². The van der Waals surface area contributed by atoms with Crippen LogP contribution in [0.2, 0.25) is 0 Å². The molecule has 0 aliphatic carbocycles. The van der Waals surface area contributed by atoms with E-state index in [-0.39, 0.29) is 31.1 Å². The van der Waals surface area contributed by atoms with Gasteiger partial charge in [-0.25, -0.2) is 0 Å². The fourth-order valence-electron chi connectivity index (χ4n) is 4.56. The molecule has 0 radical (unpaired) electrons. The summed E-state index contributed by atoms with van der Waals surface area (Å²) in [7, 11) is 0. The standard InChI is InChI=1S/C33H62O6/c1-4-7-10-13-15-16-18-21-24-27-33(36)39-30(28-37-31(34)25-22-19-12-9-6-3)29-38-32(35)26-23-20-17-14-11-8-5-2/h30H,4-29H2,1-3H3/t30-/m0/s1. The van der Waals surface area contributed by atoms with Gasteiger partial charge in [0.15, 0.2) is 6.10 Å². The van der Waals surface area contributed by atoms with E-state index in [9.17, 15) is 14.4 Å². The number of hydrogen-bond acceptors (Lipinski definition) is 6. The molecule has 0 heterocycles. The van der Waals surface area contributed by atoms with Crippen LogP contribution in [-0.4, -0.2) is 37.2 Å². The van der Waals surface area contributed by atoms with E-state index in [2.05, 4.69) is 20.8 Å². The molecule has 1 atom stereocenters. The molecule has 230 valence electrons. The molecular weight excluding hydrogens is 492 g/mol. The van der Waals surface area contributed by atoms with Crippen LogP contribution in [0.1, 0.15) is 175 Å². The molecular formula is C33H62O6. The summed E-state index contributed by atoms with van der Waals surface area (Å²) < 4.78 is 16.3. The van der Waals surface area contributed by atoms with Crippen LogP contribution in [0.4, 0.5) is 0 Å². The second kappa shape index (κ2) is 29.4. The Balaban J connectivity index is 4.33. The molecule has 0 rings (SSSR count). The first kappa shape index (κ1) is 37.4. The lowest BCUT2D eigenvalue weighted by molar-refractivity contribution is -0.167. The minimum Gasteiger partial charge on any atom is -0.462 e. The van der Waals surface area contributed by atoms with Gasteiger partial charge in [0.2, 0.25) is 0 Å². The number of ether oxygens (including phenoxy) is 3. The molecule has 0 N–H and O–H groups in total. The maximum absolute atomic E-state index is 12.4. The highest BCUT2D eigenvalue weighted by Crippen LogP contribution is 2.13. The number of unbranched alkanes of at least 4 members (excludes halogenated alkanes) is 18. The number of hydrogen-bond donors (Lipinski definition) is 0. The minimum atomic E-state index is -0.752. The summed E-state index contributed by atoms with van der Waals surface area (Å²) in [6.45, 7) is 6.45. The molecule has 0 fully saturated rings. The van der Waals surface area contributed by atoms with Crippen molar-refractivity contribution in [3.8, 4) is 0 Å². The maximum Gasteiger partial charge on any atom is 0.306 e. The lowest BCUT2D eigenvalue weighted by Gasteiger charge is -2.18. The monoisotopic (exact) mass is 554 g/mol. The Hall–Kier alpha value is -1.59. The predicted molar refractivity (Wildman–Crippen MR) is 160 cm³/mol. The molecule has 0 saturated carbocycles. The van der Waals surface area contributed by atoms with Crippen LogP contribution in [0.15, 0.2) is 0 Å². The van der Waals surface area contributed by atoms with Crippen LogP contribution in [0, 0.1) is 0 Å². The first-order chi connectivity index (χ1) is 19.0. The van der Waals surface area contributed by atoms with Crippen molar-refractivity contribution in [3.63, 3.8) is 0 Å². The van der Waals surface area contributed by atoms with Gasteiger partial charge in [0.05, 0.1) is 0 Å². The lowest BCUT2D eigenvalue weighted by atomic mass is 10.1. The second-order valence-electron chi connectivity index (χ2n) is 11.1. The number of esters is 3. The fourth-order valence-corrected chi connectivity index (χ4v) is 4.56. The summed E-state index contributed by atoms with van der Waals surface area (Å²) >= 11 is 0. The molecule has 0 aliphatic rings. The topological polar surface area (TPSA) is 78.9 Å². The van der Waals surface area contributed by atoms with Gasteiger partial charge in [-0.15, -0.1) is 0 Å². The maximum atomic E-state index is 12.4. The first-order valence-corrected chi connectivity index (χ1v) is 16.5. The van der Waals surface area contributed by atoms with Crippen LogP contribution >= 0.6 is 0 Å². The number of carbonyl (C=O) groups excluding carboxylic acids is 3. The van der Waals surface area contributed by atoms with Crippen molar-refractivity contribution < 1.29 is 28.6 Å². The van der Waals surface area contributed by atoms with Crippen LogP contribution in [0.25, 0.3) is 0 Å². The highest BCUT2D eigenvalue weighted by molar-refractivity contribution is 5.71. The second-order valence-corrected chi connectivity index (χ2v) is 11.1. The van der Waals surface area contributed by atoms with Gasteiger partial charge >= 0.3 is 17.9 Å². The van der Waals surface area contributed by atoms with Gasteiger partial charge < -0.3 is 14.2 Å². The van der Waals surface area contributed by atoms with E-state index in [4.69, 9.17) is 14.2 Å². The van der Waals surface area contributed by atoms with Crippen molar-refractivity contribution in [2.24, 2.45) is 0 Å². The van der Waals surface area contributed by atoms with Gasteiger partial charge in [0.1, 0.15) is 13.2 Å². The van der Waals surface area contributed by atoms with Crippen LogP contribution in [-0.2, 0) is 28.6 Å². The normalized spacial score (nSPS) is 11.8. The Kier molecular flexibility index (Phi) is 28.2. The summed E-state index contributed by atoms with van der Waals surface area (Å²) in [5.74, 6) is -0.895. The Morgan fingerprint density at radius 3 is 1.03 bits per heavy atom. The van der Waals surface area contributed by atoms with Crippen LogP contribution in [0.3, 0.4) is 0 Å². The molecule has 0 aliphatic heterocycles. The molecule has 0 bridgehead atoms. The Labute approximate surface area is 240 Å². The Bertz CT molecular complexity index is 577. The smallest absolute Gasteiger partial charge is 0.306 e. The molecule has 39 heavy (non-hydrogen) atoms. The molecule has 0 aromatic heterocycles. The lowest BCUT2D eigenvalue weighted by Crippen LogP contribution is -2.30. The third-order valence-electron chi connectivity index (χ3n) is 7.11. The molecule has 0 aromatic carbocycles. The molecule has 0 amide bonds. The van der Waals surface area contributed by atoms with Crippen molar-refractivity contribution >= 4 is 17.9 Å². The third-order valence-corrected chi connectivity index (χ3v) is 7.11. The summed E-state index contributed by atoms with van der Waals surface area (Å²) in [5.41, 5.74) is 0. The highest BCUT2D eigenvalue weighted by Gasteiger charge is 2.19. The molecule has 0 saturated heterocycles. The highest BCUT2D eigenvalue weighted by atomic mass is 16.6. The van der Waals surface area contributed by atoms with E-state index in [1.54, 1.807) is 0 Å². The fraction of sp³-hybridized carbons (Fsp3) is 0.909. The SMILES string of the molecule is CCCCCCCCCCCC(=O)O[C@@H](COC(=O)CCCCCCC)COC(=O)CCCCCCCCC. The predicted octanol–water partition coefficient (Wildman–Crippen LogP) is 9.41. The van der Waals surface area contributed by atoms with Gasteiger partial charge in [0, 0.05) is 19.3 Å². The summed E-state index contributed by atoms with van der Waals surface area (Å²) in [5, 5.41) is 0. The van der Waals surface area contributed by atoms with Gasteiger partial charge in [-0.3, -0.25) is 14.4 Å². The van der Waals surface area contributed by atoms with E-state index < -0.39 is 6.10 Å². The van der Waals surface area contributed by atoms with Gasteiger partial charge in [-0.1, -0.05) is 136 Å². The minimum absolute atomic E-state index is 0.0669. The van der Waals surface area contributed by atoms with Crippen molar-refractivity contribution in [1.29, 1.82) is 0 Å². The van der Waals surface area contributed by atoms with E-state index in [1.165, 1.54) is 70.6 Å². The zero-order valence-corrected chi connectivity index (χ0v) is 25.9. The zero-order valence-electron chi connectivity index (χ0n) is 25.9. The quantitative estimate of drug-likeness (QED) is 0.0520. The molecule has 0 spiro atoms. The van der Waals surface area contributed by atoms with Crippen molar-refractivity contribution in [2.75, 3.05) is 13.2 Å². The average Bonchev–Trinajstić information content (AvgIpc) is 2.93. The third kappa shape index (κ3) is 27.8. The number of carbonyl (C=O) groups is 3. The largest absolute Gasteiger partial charge is 0.462 e. The molecule has 0 unspecified atom stereocenters. The van der Waals surface area contributed by atoms with E-state index >= 15 is 0 Å². The first-order valence-electron chi connectivity index (χ1n) is 16.5. The zero-order chi connectivity index (χ0) is 28.8. The van der Waals surface area contributed by atoms with Gasteiger partial charge in [0.25, 0.3) is 0 Å². The van der Waals surface area contributed by atoms with E-state index in [0.29, 0.717) is 19.3 Å². The summed E-state index contributed by atoms with van der Waals surface area (Å²) in [4.78, 5) is 36.8. The van der Waals surface area contributed by atoms with Crippen molar-refractivity contribution in [1.82, 2.24) is 0 Å². The van der Waals surface area contributed by atoms with Crippen LogP contribution < -0.4 is 0 Å². The van der Waals surface area contributed by atoms with Crippen molar-refractivity contribution in [2.45, 2.75) is 181 Å². The summed E-state index contributed by atoms with van der Waals surface area (Å²) in [6, 6.07) is 0. The molecule has 0 aromatic rings. The van der Waals surface area contributed by atoms with E-state index in [0.717, 1.165) is 64.2 Å². The Morgan fingerprint density at radius 1 is 0.410 bits per heavy atom. The van der Waals surface area contributed by atoms with Gasteiger partial charge in [-0.2, -0.15) is 0 Å². The average molecular weight is 555 g/mol. The molecule has 6 nitrogen and oxygen atoms in total. The van der Waals surface area contributed by atoms with Gasteiger partial charge in [-0.05, 0) is 19.3 Å². The Morgan fingerprint density at radius 2 is 0.692 bits per heavy atom. The van der Waals surface area contributed by atoms with Crippen molar-refractivity contribution in [3.05, 3.63) is 0 Å². The van der Waals surface area contributed by atoms with Crippen LogP contribution in [0.5, 0.6) is 0 Å².